The first-order chi connectivity index (χ1) is 14.7. The molecular formula is C24H32BrN3O2. The van der Waals surface area contributed by atoms with Gasteiger partial charge in [-0.1, -0.05) is 40.2 Å². The zero-order valence-electron chi connectivity index (χ0n) is 17.7. The quantitative estimate of drug-likeness (QED) is 0.487. The fourth-order valence-corrected chi connectivity index (χ4v) is 4.00. The largest absolute Gasteiger partial charge is 0.381 e. The second-order valence-corrected chi connectivity index (χ2v) is 8.57. The Kier molecular flexibility index (Phi) is 9.18. The van der Waals surface area contributed by atoms with E-state index in [0.29, 0.717) is 13.2 Å². The van der Waals surface area contributed by atoms with Gasteiger partial charge in [-0.05, 0) is 69.1 Å². The third-order valence-electron chi connectivity index (χ3n) is 5.54. The van der Waals surface area contributed by atoms with Crippen LogP contribution in [0.25, 0.3) is 0 Å². The topological polar surface area (TPSA) is 53.6 Å². The van der Waals surface area contributed by atoms with Crippen LogP contribution in [0, 0.1) is 5.92 Å². The Balaban J connectivity index is 1.43. The average molecular weight is 474 g/mol. The van der Waals surface area contributed by atoms with Gasteiger partial charge in [0.2, 0.25) is 5.91 Å². The number of rotatable bonds is 10. The Bertz CT molecular complexity index is 789. The first-order valence-corrected chi connectivity index (χ1v) is 11.6. The lowest BCUT2D eigenvalue weighted by Crippen LogP contribution is -2.39. The summed E-state index contributed by atoms with van der Waals surface area (Å²) in [5.74, 6) is 0.201. The van der Waals surface area contributed by atoms with Crippen molar-refractivity contribution >= 4 is 33.2 Å². The Hall–Kier alpha value is -1.89. The van der Waals surface area contributed by atoms with Gasteiger partial charge in [0.05, 0.1) is 18.0 Å². The van der Waals surface area contributed by atoms with Crippen LogP contribution in [0.3, 0.4) is 0 Å². The van der Waals surface area contributed by atoms with E-state index in [-0.39, 0.29) is 11.8 Å². The number of carbonyl (C=O) groups excluding carboxylic acids is 1. The van der Waals surface area contributed by atoms with Crippen molar-refractivity contribution in [2.24, 2.45) is 5.92 Å². The highest BCUT2D eigenvalue weighted by molar-refractivity contribution is 9.10. The molecule has 0 radical (unpaired) electrons. The highest BCUT2D eigenvalue weighted by Gasteiger charge is 2.25. The molecule has 0 spiro atoms. The third kappa shape index (κ3) is 7.11. The lowest BCUT2D eigenvalue weighted by molar-refractivity contribution is -0.121. The van der Waals surface area contributed by atoms with Crippen molar-refractivity contribution in [3.63, 3.8) is 0 Å². The molecule has 0 atom stereocenters. The smallest absolute Gasteiger partial charge is 0.227 e. The number of para-hydroxylation sites is 2. The van der Waals surface area contributed by atoms with Crippen LogP contribution in [-0.2, 0) is 16.0 Å². The number of piperidine rings is 1. The molecule has 5 nitrogen and oxygen atoms in total. The standard InChI is InChI=1S/C24H32BrN3O2/c1-2-30-18-14-26-22-5-3-4-6-23(22)27-24(29)20-12-16-28(17-13-20)15-11-19-7-9-21(25)10-8-19/h3-10,20,26H,2,11-18H2,1H3,(H,27,29). The Morgan fingerprint density at radius 2 is 1.80 bits per heavy atom. The first kappa shape index (κ1) is 22.8. The summed E-state index contributed by atoms with van der Waals surface area (Å²) in [4.78, 5) is 15.3. The summed E-state index contributed by atoms with van der Waals surface area (Å²) in [5, 5.41) is 6.48. The molecule has 0 aromatic heterocycles. The molecule has 0 bridgehead atoms. The molecule has 1 saturated heterocycles. The molecule has 162 valence electrons. The lowest BCUT2D eigenvalue weighted by atomic mass is 9.95. The maximum absolute atomic E-state index is 12.8. The third-order valence-corrected chi connectivity index (χ3v) is 6.07. The average Bonchev–Trinajstić information content (AvgIpc) is 2.78. The molecule has 0 unspecified atom stereocenters. The number of halogens is 1. The van der Waals surface area contributed by atoms with Gasteiger partial charge in [-0.25, -0.2) is 0 Å². The first-order valence-electron chi connectivity index (χ1n) is 10.8. The van der Waals surface area contributed by atoms with Crippen molar-refractivity contribution in [3.05, 3.63) is 58.6 Å². The van der Waals surface area contributed by atoms with Crippen LogP contribution >= 0.6 is 15.9 Å². The molecule has 1 fully saturated rings. The van der Waals surface area contributed by atoms with Crippen molar-refractivity contribution in [1.82, 2.24) is 4.90 Å². The maximum Gasteiger partial charge on any atom is 0.227 e. The molecular weight excluding hydrogens is 442 g/mol. The van der Waals surface area contributed by atoms with Gasteiger partial charge < -0.3 is 20.3 Å². The molecule has 2 aromatic carbocycles. The minimum Gasteiger partial charge on any atom is -0.381 e. The van der Waals surface area contributed by atoms with Gasteiger partial charge in [0.15, 0.2) is 0 Å². The fourth-order valence-electron chi connectivity index (χ4n) is 3.74. The van der Waals surface area contributed by atoms with E-state index in [1.807, 2.05) is 31.2 Å². The van der Waals surface area contributed by atoms with Gasteiger partial charge in [-0.3, -0.25) is 4.79 Å². The van der Waals surface area contributed by atoms with Gasteiger partial charge in [-0.2, -0.15) is 0 Å². The predicted molar refractivity (Wildman–Crippen MR) is 127 cm³/mol. The molecule has 1 heterocycles. The highest BCUT2D eigenvalue weighted by Crippen LogP contribution is 2.24. The summed E-state index contributed by atoms with van der Waals surface area (Å²) in [5.41, 5.74) is 3.14. The van der Waals surface area contributed by atoms with Crippen LogP contribution in [0.1, 0.15) is 25.3 Å². The van der Waals surface area contributed by atoms with Crippen LogP contribution < -0.4 is 10.6 Å². The molecule has 2 N–H and O–H groups in total. The molecule has 0 aliphatic carbocycles. The minimum atomic E-state index is 0.0745. The number of hydrogen-bond acceptors (Lipinski definition) is 4. The van der Waals surface area contributed by atoms with E-state index in [2.05, 4.69) is 55.7 Å². The highest BCUT2D eigenvalue weighted by atomic mass is 79.9. The Labute approximate surface area is 188 Å². The number of benzene rings is 2. The maximum atomic E-state index is 12.8. The molecule has 6 heteroatoms. The van der Waals surface area contributed by atoms with Crippen molar-refractivity contribution < 1.29 is 9.53 Å². The molecule has 2 aromatic rings. The summed E-state index contributed by atoms with van der Waals surface area (Å²) in [6.45, 7) is 7.06. The molecule has 3 rings (SSSR count). The minimum absolute atomic E-state index is 0.0745. The molecule has 1 aliphatic rings. The van der Waals surface area contributed by atoms with Crippen molar-refractivity contribution in [2.75, 3.05) is 50.0 Å². The van der Waals surface area contributed by atoms with Gasteiger partial charge in [-0.15, -0.1) is 0 Å². The molecule has 0 saturated carbocycles. The number of likely N-dealkylation sites (tertiary alicyclic amines) is 1. The van der Waals surface area contributed by atoms with Crippen molar-refractivity contribution in [1.29, 1.82) is 0 Å². The summed E-state index contributed by atoms with van der Waals surface area (Å²) < 4.78 is 6.49. The fraction of sp³-hybridized carbons (Fsp3) is 0.458. The predicted octanol–water partition coefficient (Wildman–Crippen LogP) is 4.79. The Morgan fingerprint density at radius 3 is 2.50 bits per heavy atom. The normalized spacial score (nSPS) is 15.1. The lowest BCUT2D eigenvalue weighted by Gasteiger charge is -2.31. The van der Waals surface area contributed by atoms with Crippen LogP contribution in [0.15, 0.2) is 53.0 Å². The van der Waals surface area contributed by atoms with E-state index in [1.165, 1.54) is 5.56 Å². The van der Waals surface area contributed by atoms with Crippen molar-refractivity contribution in [2.45, 2.75) is 26.2 Å². The van der Waals surface area contributed by atoms with Gasteiger partial charge in [0.25, 0.3) is 0 Å². The molecule has 30 heavy (non-hydrogen) atoms. The molecule has 1 amide bonds. The van der Waals surface area contributed by atoms with E-state index in [4.69, 9.17) is 4.74 Å². The van der Waals surface area contributed by atoms with Gasteiger partial charge in [0.1, 0.15) is 0 Å². The number of ether oxygens (including phenoxy) is 1. The summed E-state index contributed by atoms with van der Waals surface area (Å²) >= 11 is 3.48. The van der Waals surface area contributed by atoms with Crippen LogP contribution in [0.5, 0.6) is 0 Å². The van der Waals surface area contributed by atoms with Crippen LogP contribution in [0.4, 0.5) is 11.4 Å². The number of nitrogens with one attached hydrogen (secondary N) is 2. The van der Waals surface area contributed by atoms with Crippen molar-refractivity contribution in [3.8, 4) is 0 Å². The molecule has 1 aliphatic heterocycles. The zero-order chi connectivity index (χ0) is 21.2. The Morgan fingerprint density at radius 1 is 1.10 bits per heavy atom. The van der Waals surface area contributed by atoms with Gasteiger partial charge in [0, 0.05) is 30.1 Å². The van der Waals surface area contributed by atoms with Crippen LogP contribution in [-0.4, -0.2) is 50.2 Å². The second-order valence-electron chi connectivity index (χ2n) is 7.65. The van der Waals surface area contributed by atoms with Crippen LogP contribution in [0.2, 0.25) is 0 Å². The monoisotopic (exact) mass is 473 g/mol. The van der Waals surface area contributed by atoms with E-state index < -0.39 is 0 Å². The van der Waals surface area contributed by atoms with E-state index in [9.17, 15) is 4.79 Å². The summed E-state index contributed by atoms with van der Waals surface area (Å²) in [7, 11) is 0. The number of carbonyl (C=O) groups is 1. The number of hydrogen-bond donors (Lipinski definition) is 2. The second kappa shape index (κ2) is 12.1. The SMILES string of the molecule is CCOCCNc1ccccc1NC(=O)C1CCN(CCc2ccc(Br)cc2)CC1. The summed E-state index contributed by atoms with van der Waals surface area (Å²) in [6, 6.07) is 16.4. The summed E-state index contributed by atoms with van der Waals surface area (Å²) in [6.07, 6.45) is 2.86. The van der Waals surface area contributed by atoms with Gasteiger partial charge >= 0.3 is 0 Å². The number of nitrogens with zero attached hydrogens (tertiary/aromatic N) is 1. The van der Waals surface area contributed by atoms with E-state index >= 15 is 0 Å². The zero-order valence-corrected chi connectivity index (χ0v) is 19.3. The number of anilines is 2. The van der Waals surface area contributed by atoms with E-state index in [1.54, 1.807) is 0 Å². The van der Waals surface area contributed by atoms with E-state index in [0.717, 1.165) is 61.3 Å². The number of amides is 1.